The lowest BCUT2D eigenvalue weighted by molar-refractivity contribution is 0.205. The zero-order valence-electron chi connectivity index (χ0n) is 12.4. The molecule has 7 heteroatoms. The summed E-state index contributed by atoms with van der Waals surface area (Å²) in [7, 11) is 1.72. The molecule has 1 N–H and O–H groups in total. The molecule has 0 unspecified atom stereocenters. The summed E-state index contributed by atoms with van der Waals surface area (Å²) in [5.41, 5.74) is 0.146. The van der Waals surface area contributed by atoms with Gasteiger partial charge < -0.3 is 14.8 Å². The molecule has 2 aromatic heterocycles. The van der Waals surface area contributed by atoms with Gasteiger partial charge in [0.1, 0.15) is 5.82 Å². The first-order valence-corrected chi connectivity index (χ1v) is 7.25. The average molecular weight is 303 g/mol. The molecule has 0 aliphatic carbocycles. The second-order valence-corrected chi connectivity index (χ2v) is 5.57. The fourth-order valence-electron chi connectivity index (χ4n) is 2.74. The number of amides is 2. The van der Waals surface area contributed by atoms with Crippen LogP contribution in [0.5, 0.6) is 0 Å². The summed E-state index contributed by atoms with van der Waals surface area (Å²) >= 11 is 0. The molecule has 0 spiro atoms. The van der Waals surface area contributed by atoms with Gasteiger partial charge in [-0.15, -0.1) is 0 Å². The third-order valence-electron chi connectivity index (χ3n) is 3.93. The number of pyridine rings is 1. The van der Waals surface area contributed by atoms with Crippen molar-refractivity contribution in [3.05, 3.63) is 42.5 Å². The van der Waals surface area contributed by atoms with Crippen molar-refractivity contribution in [3.63, 3.8) is 0 Å². The second kappa shape index (κ2) is 6.13. The number of nitrogens with one attached hydrogen (secondary N) is 1. The van der Waals surface area contributed by atoms with E-state index in [1.807, 2.05) is 6.20 Å². The lowest BCUT2D eigenvalue weighted by atomic mass is 9.99. The van der Waals surface area contributed by atoms with E-state index in [1.165, 1.54) is 12.3 Å². The Labute approximate surface area is 128 Å². The van der Waals surface area contributed by atoms with Crippen LogP contribution in [0.2, 0.25) is 0 Å². The number of fused-ring (bicyclic) bond motifs is 1. The van der Waals surface area contributed by atoms with Crippen molar-refractivity contribution in [2.75, 3.05) is 18.9 Å². The molecule has 0 saturated carbocycles. The summed E-state index contributed by atoms with van der Waals surface area (Å²) in [6.07, 6.45) is 8.22. The number of aromatic nitrogens is 3. The minimum atomic E-state index is -0.537. The first kappa shape index (κ1) is 14.5. The van der Waals surface area contributed by atoms with Crippen LogP contribution in [0.25, 0.3) is 0 Å². The van der Waals surface area contributed by atoms with Crippen LogP contribution < -0.4 is 5.32 Å². The maximum Gasteiger partial charge on any atom is 0.321 e. The van der Waals surface area contributed by atoms with E-state index in [1.54, 1.807) is 18.1 Å². The Morgan fingerprint density at radius 1 is 1.55 bits per heavy atom. The number of carbonyl (C=O) groups excluding carboxylic acids is 1. The van der Waals surface area contributed by atoms with Gasteiger partial charge >= 0.3 is 6.03 Å². The van der Waals surface area contributed by atoms with Crippen molar-refractivity contribution >= 4 is 11.7 Å². The van der Waals surface area contributed by atoms with Gasteiger partial charge in [-0.2, -0.15) is 0 Å². The van der Waals surface area contributed by atoms with Crippen molar-refractivity contribution in [1.82, 2.24) is 19.4 Å². The number of rotatable bonds is 3. The highest BCUT2D eigenvalue weighted by atomic mass is 19.1. The lowest BCUT2D eigenvalue weighted by Gasteiger charge is -2.28. The Morgan fingerprint density at radius 3 is 3.23 bits per heavy atom. The van der Waals surface area contributed by atoms with Crippen molar-refractivity contribution in [2.45, 2.75) is 19.4 Å². The van der Waals surface area contributed by atoms with Gasteiger partial charge in [0.2, 0.25) is 0 Å². The number of carbonyl (C=O) groups is 1. The Hall–Kier alpha value is -2.44. The zero-order valence-corrected chi connectivity index (χ0v) is 12.4. The molecule has 0 saturated heterocycles. The maximum atomic E-state index is 13.5. The van der Waals surface area contributed by atoms with Gasteiger partial charge in [0.25, 0.3) is 0 Å². The fraction of sp³-hybridized carbons (Fsp3) is 0.400. The highest BCUT2D eigenvalue weighted by Gasteiger charge is 2.22. The molecule has 3 heterocycles. The minimum Gasteiger partial charge on any atom is -0.335 e. The summed E-state index contributed by atoms with van der Waals surface area (Å²) in [5.74, 6) is 0.937. The van der Waals surface area contributed by atoms with Crippen molar-refractivity contribution in [1.29, 1.82) is 0 Å². The number of imidazole rings is 1. The fourth-order valence-corrected chi connectivity index (χ4v) is 2.74. The summed E-state index contributed by atoms with van der Waals surface area (Å²) < 4.78 is 15.6. The molecule has 22 heavy (non-hydrogen) atoms. The highest BCUT2D eigenvalue weighted by molar-refractivity contribution is 5.89. The molecule has 0 aromatic carbocycles. The van der Waals surface area contributed by atoms with E-state index in [2.05, 4.69) is 19.9 Å². The van der Waals surface area contributed by atoms with Crippen LogP contribution in [-0.4, -0.2) is 39.1 Å². The molecule has 1 aliphatic heterocycles. The molecule has 6 nitrogen and oxygen atoms in total. The van der Waals surface area contributed by atoms with E-state index in [0.717, 1.165) is 31.4 Å². The van der Waals surface area contributed by atoms with Gasteiger partial charge in [-0.05, 0) is 18.4 Å². The average Bonchev–Trinajstić information content (AvgIpc) is 2.97. The van der Waals surface area contributed by atoms with E-state index < -0.39 is 5.82 Å². The second-order valence-electron chi connectivity index (χ2n) is 5.57. The van der Waals surface area contributed by atoms with Crippen LogP contribution in [0.4, 0.5) is 14.9 Å². The van der Waals surface area contributed by atoms with Crippen LogP contribution in [0.15, 0.2) is 30.9 Å². The largest absolute Gasteiger partial charge is 0.335 e. The first-order chi connectivity index (χ1) is 10.6. The molecule has 2 amide bonds. The van der Waals surface area contributed by atoms with Crippen LogP contribution in [-0.2, 0) is 13.0 Å². The van der Waals surface area contributed by atoms with Crippen LogP contribution in [0.3, 0.4) is 0 Å². The molecule has 0 radical (unpaired) electrons. The van der Waals surface area contributed by atoms with Gasteiger partial charge in [0.05, 0.1) is 11.9 Å². The van der Waals surface area contributed by atoms with E-state index in [4.69, 9.17) is 0 Å². The number of hydrogen-bond donors (Lipinski definition) is 1. The Balaban J connectivity index is 1.57. The van der Waals surface area contributed by atoms with Gasteiger partial charge in [0.15, 0.2) is 5.82 Å². The van der Waals surface area contributed by atoms with E-state index >= 15 is 0 Å². The van der Waals surface area contributed by atoms with Gasteiger partial charge in [-0.25, -0.2) is 14.2 Å². The Kier molecular flexibility index (Phi) is 4.04. The number of anilines is 1. The van der Waals surface area contributed by atoms with Crippen molar-refractivity contribution < 1.29 is 9.18 Å². The van der Waals surface area contributed by atoms with Gasteiger partial charge in [0, 0.05) is 45.1 Å². The van der Waals surface area contributed by atoms with Crippen molar-refractivity contribution in [3.8, 4) is 0 Å². The number of nitrogens with zero attached hydrogens (tertiary/aromatic N) is 4. The normalized spacial score (nSPS) is 16.9. The lowest BCUT2D eigenvalue weighted by Crippen LogP contribution is -2.38. The number of urea groups is 1. The SMILES string of the molecule is CN(C[C@H]1CCc2nccn2C1)C(=O)Nc1ccncc1F. The monoisotopic (exact) mass is 303 g/mol. The zero-order chi connectivity index (χ0) is 15.5. The van der Waals surface area contributed by atoms with Crippen LogP contribution in [0, 0.1) is 11.7 Å². The molecule has 3 rings (SSSR count). The summed E-state index contributed by atoms with van der Waals surface area (Å²) in [6, 6.07) is 1.13. The highest BCUT2D eigenvalue weighted by Crippen LogP contribution is 2.20. The predicted octanol–water partition coefficient (Wildman–Crippen LogP) is 2.14. The smallest absolute Gasteiger partial charge is 0.321 e. The maximum absolute atomic E-state index is 13.5. The standard InChI is InChI=1S/C15H18FN5O/c1-20(15(22)19-13-4-5-17-8-12(13)16)9-11-2-3-14-18-6-7-21(14)10-11/h4-8,11H,2-3,9-10H2,1H3,(H,17,19,22)/t11-/m1/s1. The third-order valence-corrected chi connectivity index (χ3v) is 3.93. The summed E-state index contributed by atoms with van der Waals surface area (Å²) in [6.45, 7) is 1.48. The predicted molar refractivity (Wildman–Crippen MR) is 79.9 cm³/mol. The van der Waals surface area contributed by atoms with Gasteiger partial charge in [-0.3, -0.25) is 4.98 Å². The number of halogens is 1. The molecule has 116 valence electrons. The Morgan fingerprint density at radius 2 is 2.41 bits per heavy atom. The Bertz CT molecular complexity index is 671. The molecule has 0 bridgehead atoms. The molecular formula is C15H18FN5O. The molecule has 2 aromatic rings. The molecule has 1 aliphatic rings. The molecule has 1 atom stereocenters. The number of aryl methyl sites for hydroxylation is 1. The topological polar surface area (TPSA) is 63.1 Å². The van der Waals surface area contributed by atoms with E-state index in [-0.39, 0.29) is 11.7 Å². The summed E-state index contributed by atoms with van der Waals surface area (Å²) in [4.78, 5) is 21.7. The van der Waals surface area contributed by atoms with Crippen LogP contribution >= 0.6 is 0 Å². The molecular weight excluding hydrogens is 285 g/mol. The number of hydrogen-bond acceptors (Lipinski definition) is 3. The minimum absolute atomic E-state index is 0.146. The van der Waals surface area contributed by atoms with Crippen LogP contribution in [0.1, 0.15) is 12.2 Å². The third kappa shape index (κ3) is 3.08. The molecule has 0 fully saturated rings. The summed E-state index contributed by atoms with van der Waals surface area (Å²) in [5, 5.41) is 2.57. The van der Waals surface area contributed by atoms with Gasteiger partial charge in [-0.1, -0.05) is 0 Å². The quantitative estimate of drug-likeness (QED) is 0.945. The first-order valence-electron chi connectivity index (χ1n) is 7.25. The van der Waals surface area contributed by atoms with E-state index in [0.29, 0.717) is 12.5 Å². The van der Waals surface area contributed by atoms with Crippen molar-refractivity contribution in [2.24, 2.45) is 5.92 Å². The van der Waals surface area contributed by atoms with E-state index in [9.17, 15) is 9.18 Å².